The highest BCUT2D eigenvalue weighted by Gasteiger charge is 2.27. The third-order valence-electron chi connectivity index (χ3n) is 5.61. The summed E-state index contributed by atoms with van der Waals surface area (Å²) in [6, 6.07) is 14.4. The summed E-state index contributed by atoms with van der Waals surface area (Å²) in [4.78, 5) is 28.3. The van der Waals surface area contributed by atoms with Crippen molar-refractivity contribution in [1.29, 1.82) is 0 Å². The van der Waals surface area contributed by atoms with Gasteiger partial charge >= 0.3 is 0 Å². The maximum absolute atomic E-state index is 12.7. The molecule has 0 aliphatic carbocycles. The largest absolute Gasteiger partial charge is 0.332 e. The monoisotopic (exact) mass is 382 g/mol. The number of amides is 1. The minimum Gasteiger partial charge on any atom is -0.332 e. The second-order valence-electron chi connectivity index (χ2n) is 7.83. The molecule has 0 spiro atoms. The smallest absolute Gasteiger partial charge is 0.227 e. The van der Waals surface area contributed by atoms with Crippen LogP contribution in [0, 0.1) is 13.8 Å². The van der Waals surface area contributed by atoms with Crippen molar-refractivity contribution in [3.05, 3.63) is 93.6 Å². The fourth-order valence-corrected chi connectivity index (χ4v) is 4.19. The summed E-state index contributed by atoms with van der Waals surface area (Å²) < 4.78 is 0. The van der Waals surface area contributed by atoms with E-state index in [2.05, 4.69) is 28.2 Å². The third-order valence-corrected chi connectivity index (χ3v) is 5.61. The third kappa shape index (κ3) is 3.33. The standard InChI is InChI=1S/C24H22N4O/c1-15-4-3-5-21(27-15)14-28-13-20-10-22-19(9-18(20)11-23(28)29)12-26-24(22)17-6-7-25-16(2)8-17/h3-10H,11-14H2,1-2H3. The topological polar surface area (TPSA) is 58.5 Å². The summed E-state index contributed by atoms with van der Waals surface area (Å²) in [6.07, 6.45) is 2.27. The summed E-state index contributed by atoms with van der Waals surface area (Å²) in [5, 5.41) is 0. The van der Waals surface area contributed by atoms with Crippen molar-refractivity contribution in [2.45, 2.75) is 39.9 Å². The van der Waals surface area contributed by atoms with Crippen LogP contribution in [0.5, 0.6) is 0 Å². The Morgan fingerprint density at radius 2 is 1.90 bits per heavy atom. The molecule has 0 saturated heterocycles. The molecule has 5 heteroatoms. The molecule has 0 atom stereocenters. The van der Waals surface area contributed by atoms with Crippen LogP contribution in [0.25, 0.3) is 0 Å². The predicted molar refractivity (Wildman–Crippen MR) is 112 cm³/mol. The SMILES string of the molecule is Cc1cc(C2=NCc3cc4c(cc32)CN(Cc2cccc(C)n2)C(=O)C4)ccn1. The van der Waals surface area contributed by atoms with Crippen LogP contribution < -0.4 is 0 Å². The molecule has 0 radical (unpaired) electrons. The van der Waals surface area contributed by atoms with Crippen molar-refractivity contribution in [3.8, 4) is 0 Å². The highest BCUT2D eigenvalue weighted by atomic mass is 16.2. The summed E-state index contributed by atoms with van der Waals surface area (Å²) >= 11 is 0. The molecule has 0 unspecified atom stereocenters. The van der Waals surface area contributed by atoms with Gasteiger partial charge in [-0.25, -0.2) is 0 Å². The number of aromatic nitrogens is 2. The van der Waals surface area contributed by atoms with Crippen LogP contribution in [-0.4, -0.2) is 26.5 Å². The Morgan fingerprint density at radius 3 is 2.72 bits per heavy atom. The van der Waals surface area contributed by atoms with Crippen LogP contribution in [-0.2, 0) is 30.8 Å². The molecule has 0 fully saturated rings. The van der Waals surface area contributed by atoms with Gasteiger partial charge in [-0.05, 0) is 60.9 Å². The first-order valence-electron chi connectivity index (χ1n) is 9.89. The van der Waals surface area contributed by atoms with Gasteiger partial charge in [0.2, 0.25) is 5.91 Å². The maximum atomic E-state index is 12.7. The zero-order valence-electron chi connectivity index (χ0n) is 16.6. The highest BCUT2D eigenvalue weighted by molar-refractivity contribution is 6.15. The lowest BCUT2D eigenvalue weighted by atomic mass is 9.91. The van der Waals surface area contributed by atoms with Crippen LogP contribution in [0.2, 0.25) is 0 Å². The van der Waals surface area contributed by atoms with Crippen LogP contribution >= 0.6 is 0 Å². The maximum Gasteiger partial charge on any atom is 0.227 e. The van der Waals surface area contributed by atoms with Crippen molar-refractivity contribution >= 4 is 11.6 Å². The van der Waals surface area contributed by atoms with E-state index in [0.29, 0.717) is 26.1 Å². The zero-order valence-corrected chi connectivity index (χ0v) is 16.6. The van der Waals surface area contributed by atoms with Gasteiger partial charge in [0.25, 0.3) is 0 Å². The molecule has 5 nitrogen and oxygen atoms in total. The number of carbonyl (C=O) groups excluding carboxylic acids is 1. The average molecular weight is 382 g/mol. The van der Waals surface area contributed by atoms with Crippen LogP contribution in [0.3, 0.4) is 0 Å². The predicted octanol–water partition coefficient (Wildman–Crippen LogP) is 3.53. The number of aryl methyl sites for hydroxylation is 2. The van der Waals surface area contributed by atoms with Gasteiger partial charge in [-0.1, -0.05) is 12.1 Å². The summed E-state index contributed by atoms with van der Waals surface area (Å²) in [5.74, 6) is 0.157. The normalized spacial score (nSPS) is 15.2. The number of pyridine rings is 2. The second-order valence-corrected chi connectivity index (χ2v) is 7.83. The lowest BCUT2D eigenvalue weighted by Gasteiger charge is -2.29. The Kier molecular flexibility index (Phi) is 4.23. The molecule has 29 heavy (non-hydrogen) atoms. The van der Waals surface area contributed by atoms with E-state index < -0.39 is 0 Å². The molecular formula is C24H22N4O. The molecule has 2 aliphatic heterocycles. The molecule has 4 heterocycles. The first-order chi connectivity index (χ1) is 14.1. The van der Waals surface area contributed by atoms with E-state index in [1.165, 1.54) is 16.7 Å². The molecule has 3 aromatic rings. The summed E-state index contributed by atoms with van der Waals surface area (Å²) in [5.41, 5.74) is 9.73. The number of nitrogens with zero attached hydrogens (tertiary/aromatic N) is 4. The first kappa shape index (κ1) is 17.7. The Morgan fingerprint density at radius 1 is 1.00 bits per heavy atom. The van der Waals surface area contributed by atoms with E-state index in [0.717, 1.165) is 33.9 Å². The lowest BCUT2D eigenvalue weighted by molar-refractivity contribution is -0.132. The van der Waals surface area contributed by atoms with E-state index in [9.17, 15) is 4.79 Å². The van der Waals surface area contributed by atoms with Gasteiger partial charge < -0.3 is 4.90 Å². The molecular weight excluding hydrogens is 360 g/mol. The average Bonchev–Trinajstić information content (AvgIpc) is 3.10. The van der Waals surface area contributed by atoms with Crippen molar-refractivity contribution < 1.29 is 4.79 Å². The fourth-order valence-electron chi connectivity index (χ4n) is 4.19. The Hall–Kier alpha value is -3.34. The first-order valence-corrected chi connectivity index (χ1v) is 9.89. The second kappa shape index (κ2) is 6.92. The van der Waals surface area contributed by atoms with Crippen molar-refractivity contribution in [2.75, 3.05) is 0 Å². The van der Waals surface area contributed by atoms with E-state index in [1.807, 2.05) is 49.2 Å². The quantitative estimate of drug-likeness (QED) is 0.696. The number of hydrogen-bond acceptors (Lipinski definition) is 4. The molecule has 0 saturated carbocycles. The Balaban J connectivity index is 1.46. The van der Waals surface area contributed by atoms with Crippen LogP contribution in [0.1, 0.15) is 44.9 Å². The number of rotatable bonds is 3. The fraction of sp³-hybridized carbons (Fsp3) is 0.250. The lowest BCUT2D eigenvalue weighted by Crippen LogP contribution is -2.36. The van der Waals surface area contributed by atoms with Gasteiger partial charge in [0.05, 0.1) is 30.9 Å². The Bertz CT molecular complexity index is 1170. The number of benzene rings is 1. The molecule has 1 aromatic carbocycles. The number of carbonyl (C=O) groups is 1. The van der Waals surface area contributed by atoms with Gasteiger partial charge in [-0.2, -0.15) is 0 Å². The van der Waals surface area contributed by atoms with E-state index in [1.54, 1.807) is 0 Å². The number of hydrogen-bond donors (Lipinski definition) is 0. The zero-order chi connectivity index (χ0) is 20.0. The van der Waals surface area contributed by atoms with Crippen LogP contribution in [0.15, 0.2) is 53.7 Å². The van der Waals surface area contributed by atoms with E-state index in [-0.39, 0.29) is 5.91 Å². The van der Waals surface area contributed by atoms with Crippen molar-refractivity contribution in [3.63, 3.8) is 0 Å². The minimum atomic E-state index is 0.157. The number of aliphatic imine (C=N–C) groups is 1. The molecule has 5 rings (SSSR count). The molecule has 144 valence electrons. The van der Waals surface area contributed by atoms with Crippen molar-refractivity contribution in [2.24, 2.45) is 4.99 Å². The van der Waals surface area contributed by atoms with E-state index >= 15 is 0 Å². The summed E-state index contributed by atoms with van der Waals surface area (Å²) in [7, 11) is 0. The Labute approximate surface area is 170 Å². The number of fused-ring (bicyclic) bond motifs is 2. The highest BCUT2D eigenvalue weighted by Crippen LogP contribution is 2.30. The molecule has 0 bridgehead atoms. The molecule has 1 amide bonds. The molecule has 0 N–H and O–H groups in total. The molecule has 2 aliphatic rings. The minimum absolute atomic E-state index is 0.157. The molecule has 2 aromatic heterocycles. The van der Waals surface area contributed by atoms with Gasteiger partial charge in [0.15, 0.2) is 0 Å². The van der Waals surface area contributed by atoms with Gasteiger partial charge in [0, 0.05) is 35.3 Å². The summed E-state index contributed by atoms with van der Waals surface area (Å²) in [6.45, 7) is 5.79. The van der Waals surface area contributed by atoms with Gasteiger partial charge in [0.1, 0.15) is 0 Å². The van der Waals surface area contributed by atoms with Crippen LogP contribution in [0.4, 0.5) is 0 Å². The van der Waals surface area contributed by atoms with Gasteiger partial charge in [-0.3, -0.25) is 19.8 Å². The van der Waals surface area contributed by atoms with E-state index in [4.69, 9.17) is 4.99 Å². The van der Waals surface area contributed by atoms with Crippen molar-refractivity contribution in [1.82, 2.24) is 14.9 Å². The van der Waals surface area contributed by atoms with Gasteiger partial charge in [-0.15, -0.1) is 0 Å².